The highest BCUT2D eigenvalue weighted by molar-refractivity contribution is 7.92. The molecule has 2 aromatic carbocycles. The Morgan fingerprint density at radius 3 is 2.08 bits per heavy atom. The first-order valence-corrected chi connectivity index (χ1v) is 8.35. The van der Waals surface area contributed by atoms with Gasteiger partial charge < -0.3 is 14.6 Å². The number of rotatable bonds is 6. The van der Waals surface area contributed by atoms with E-state index in [4.69, 9.17) is 14.6 Å². The molecule has 0 unspecified atom stereocenters. The van der Waals surface area contributed by atoms with Gasteiger partial charge in [-0.1, -0.05) is 0 Å². The number of carboxylic acid groups (broad SMARTS) is 1. The highest BCUT2D eigenvalue weighted by Crippen LogP contribution is 2.33. The van der Waals surface area contributed by atoms with Crippen molar-refractivity contribution in [1.82, 2.24) is 0 Å². The van der Waals surface area contributed by atoms with E-state index in [0.29, 0.717) is 17.1 Å². The predicted molar refractivity (Wildman–Crippen MR) is 88.5 cm³/mol. The van der Waals surface area contributed by atoms with E-state index in [0.717, 1.165) is 0 Å². The lowest BCUT2D eigenvalue weighted by Gasteiger charge is -2.14. The molecule has 0 aliphatic heterocycles. The minimum atomic E-state index is -3.87. The molecule has 2 rings (SSSR count). The number of sulfonamides is 1. The number of hydrogen-bond acceptors (Lipinski definition) is 5. The molecule has 0 saturated carbocycles. The second-order valence-electron chi connectivity index (χ2n) is 4.96. The van der Waals surface area contributed by atoms with E-state index in [1.165, 1.54) is 44.6 Å². The van der Waals surface area contributed by atoms with Crippen LogP contribution in [0.25, 0.3) is 0 Å². The molecule has 0 atom stereocenters. The molecule has 0 saturated heterocycles. The second-order valence-corrected chi connectivity index (χ2v) is 6.61. The molecule has 0 aromatic heterocycles. The van der Waals surface area contributed by atoms with Gasteiger partial charge in [0.2, 0.25) is 0 Å². The van der Waals surface area contributed by atoms with Crippen LogP contribution < -0.4 is 14.2 Å². The summed E-state index contributed by atoms with van der Waals surface area (Å²) >= 11 is 0. The number of aryl methyl sites for hydroxylation is 1. The molecule has 0 bridgehead atoms. The van der Waals surface area contributed by atoms with Crippen LogP contribution in [0.15, 0.2) is 41.3 Å². The molecular formula is C16H17NO6S. The zero-order chi connectivity index (χ0) is 17.9. The highest BCUT2D eigenvalue weighted by Gasteiger charge is 2.20. The Kier molecular flexibility index (Phi) is 4.99. The molecule has 2 aromatic rings. The van der Waals surface area contributed by atoms with Crippen LogP contribution in [-0.2, 0) is 10.0 Å². The summed E-state index contributed by atoms with van der Waals surface area (Å²) in [6.07, 6.45) is 0. The van der Waals surface area contributed by atoms with Gasteiger partial charge in [-0.3, -0.25) is 4.72 Å². The van der Waals surface area contributed by atoms with Crippen molar-refractivity contribution in [3.05, 3.63) is 47.5 Å². The van der Waals surface area contributed by atoms with Crippen molar-refractivity contribution in [3.63, 3.8) is 0 Å². The van der Waals surface area contributed by atoms with E-state index in [1.807, 2.05) is 0 Å². The van der Waals surface area contributed by atoms with Crippen LogP contribution in [0.4, 0.5) is 5.69 Å². The van der Waals surface area contributed by atoms with E-state index in [2.05, 4.69) is 4.72 Å². The van der Waals surface area contributed by atoms with E-state index in [1.54, 1.807) is 13.0 Å². The highest BCUT2D eigenvalue weighted by atomic mass is 32.2. The number of carbonyl (C=O) groups is 1. The van der Waals surface area contributed by atoms with Crippen LogP contribution >= 0.6 is 0 Å². The molecule has 2 N–H and O–H groups in total. The van der Waals surface area contributed by atoms with Crippen molar-refractivity contribution in [1.29, 1.82) is 0 Å². The van der Waals surface area contributed by atoms with Gasteiger partial charge in [0.05, 0.1) is 24.7 Å². The number of nitrogens with one attached hydrogen (secondary N) is 1. The lowest BCUT2D eigenvalue weighted by atomic mass is 10.2. The summed E-state index contributed by atoms with van der Waals surface area (Å²) in [6.45, 7) is 1.64. The molecule has 128 valence electrons. The van der Waals surface area contributed by atoms with Gasteiger partial charge in [0.1, 0.15) is 0 Å². The largest absolute Gasteiger partial charge is 0.493 e. The minimum Gasteiger partial charge on any atom is -0.493 e. The molecule has 0 fully saturated rings. The van der Waals surface area contributed by atoms with Crippen LogP contribution in [0.1, 0.15) is 15.9 Å². The van der Waals surface area contributed by atoms with Crippen molar-refractivity contribution in [2.75, 3.05) is 18.9 Å². The molecular weight excluding hydrogens is 334 g/mol. The van der Waals surface area contributed by atoms with E-state index >= 15 is 0 Å². The third-order valence-corrected chi connectivity index (χ3v) is 4.88. The van der Waals surface area contributed by atoms with E-state index in [-0.39, 0.29) is 16.1 Å². The van der Waals surface area contributed by atoms with Crippen molar-refractivity contribution in [3.8, 4) is 11.5 Å². The van der Waals surface area contributed by atoms with Crippen LogP contribution in [0.3, 0.4) is 0 Å². The minimum absolute atomic E-state index is 0.0439. The molecule has 0 radical (unpaired) electrons. The Bertz CT molecular complexity index is 859. The van der Waals surface area contributed by atoms with Crippen LogP contribution in [0.5, 0.6) is 11.5 Å². The van der Waals surface area contributed by atoms with Gasteiger partial charge in [-0.15, -0.1) is 0 Å². The zero-order valence-electron chi connectivity index (χ0n) is 13.4. The maximum absolute atomic E-state index is 12.6. The lowest BCUT2D eigenvalue weighted by molar-refractivity contribution is 0.0697. The summed E-state index contributed by atoms with van der Waals surface area (Å²) < 4.78 is 37.9. The molecule has 8 heteroatoms. The van der Waals surface area contributed by atoms with Gasteiger partial charge in [0, 0.05) is 11.8 Å². The standard InChI is InChI=1S/C16H17NO6S/c1-10-8-13(22-2)14(23-3)9-15(10)24(20,21)17-12-6-4-11(5-7-12)16(18)19/h4-9,17H,1-3H3,(H,18,19). The molecule has 7 nitrogen and oxygen atoms in total. The molecule has 0 aliphatic rings. The first-order chi connectivity index (χ1) is 11.3. The number of anilines is 1. The molecule has 0 heterocycles. The van der Waals surface area contributed by atoms with E-state index in [9.17, 15) is 13.2 Å². The normalized spacial score (nSPS) is 11.0. The number of aromatic carboxylic acids is 1. The van der Waals surface area contributed by atoms with E-state index < -0.39 is 16.0 Å². The third-order valence-electron chi connectivity index (χ3n) is 3.35. The van der Waals surface area contributed by atoms with Crippen LogP contribution in [0.2, 0.25) is 0 Å². The van der Waals surface area contributed by atoms with Gasteiger partial charge in [0.25, 0.3) is 10.0 Å². The fourth-order valence-electron chi connectivity index (χ4n) is 2.14. The van der Waals surface area contributed by atoms with Gasteiger partial charge in [-0.05, 0) is 42.8 Å². The second kappa shape index (κ2) is 6.79. The Labute approximate surface area is 139 Å². The fraction of sp³-hybridized carbons (Fsp3) is 0.188. The predicted octanol–water partition coefficient (Wildman–Crippen LogP) is 2.51. The van der Waals surface area contributed by atoms with Crippen LogP contribution in [-0.4, -0.2) is 33.7 Å². The third kappa shape index (κ3) is 3.60. The summed E-state index contributed by atoms with van der Waals surface area (Å²) in [5.41, 5.74) is 0.816. The molecule has 24 heavy (non-hydrogen) atoms. The quantitative estimate of drug-likeness (QED) is 0.829. The van der Waals surface area contributed by atoms with Gasteiger partial charge in [-0.2, -0.15) is 0 Å². The van der Waals surface area contributed by atoms with Crippen molar-refractivity contribution >= 4 is 21.7 Å². The summed E-state index contributed by atoms with van der Waals surface area (Å²) in [5.74, 6) is -0.357. The maximum Gasteiger partial charge on any atom is 0.335 e. The van der Waals surface area contributed by atoms with Crippen LogP contribution in [0, 0.1) is 6.92 Å². The Morgan fingerprint density at radius 1 is 1.04 bits per heavy atom. The fourth-order valence-corrected chi connectivity index (χ4v) is 3.44. The summed E-state index contributed by atoms with van der Waals surface area (Å²) in [7, 11) is -0.983. The summed E-state index contributed by atoms with van der Waals surface area (Å²) in [6, 6.07) is 8.36. The average Bonchev–Trinajstić information content (AvgIpc) is 2.54. The number of methoxy groups -OCH3 is 2. The number of benzene rings is 2. The van der Waals surface area contributed by atoms with Crippen molar-refractivity contribution in [2.45, 2.75) is 11.8 Å². The molecule has 0 aliphatic carbocycles. The van der Waals surface area contributed by atoms with Gasteiger partial charge in [0.15, 0.2) is 11.5 Å². The van der Waals surface area contributed by atoms with Crippen molar-refractivity contribution < 1.29 is 27.8 Å². The first-order valence-electron chi connectivity index (χ1n) is 6.87. The Hall–Kier alpha value is -2.74. The van der Waals surface area contributed by atoms with Crippen molar-refractivity contribution in [2.24, 2.45) is 0 Å². The van der Waals surface area contributed by atoms with Gasteiger partial charge >= 0.3 is 5.97 Å². The summed E-state index contributed by atoms with van der Waals surface area (Å²) in [5, 5.41) is 8.87. The number of hydrogen-bond donors (Lipinski definition) is 2. The summed E-state index contributed by atoms with van der Waals surface area (Å²) in [4.78, 5) is 10.9. The zero-order valence-corrected chi connectivity index (χ0v) is 14.2. The lowest BCUT2D eigenvalue weighted by Crippen LogP contribution is -2.14. The Morgan fingerprint density at radius 2 is 1.58 bits per heavy atom. The smallest absolute Gasteiger partial charge is 0.335 e. The topological polar surface area (TPSA) is 102 Å². The number of carboxylic acids is 1. The monoisotopic (exact) mass is 351 g/mol. The average molecular weight is 351 g/mol. The first kappa shape index (κ1) is 17.6. The molecule has 0 amide bonds. The van der Waals surface area contributed by atoms with Gasteiger partial charge in [-0.25, -0.2) is 13.2 Å². The SMILES string of the molecule is COc1cc(C)c(S(=O)(=O)Nc2ccc(C(=O)O)cc2)cc1OC. The Balaban J connectivity index is 2.38. The maximum atomic E-state index is 12.6. The number of ether oxygens (including phenoxy) is 2. The molecule has 0 spiro atoms.